The van der Waals surface area contributed by atoms with Gasteiger partial charge in [0.05, 0.1) is 23.1 Å². The topological polar surface area (TPSA) is 29.5 Å². The number of hydrogen-bond donors (Lipinski definition) is 0. The van der Waals surface area contributed by atoms with Gasteiger partial charge in [0.15, 0.2) is 5.78 Å². The highest BCUT2D eigenvalue weighted by Gasteiger charge is 2.24. The molecule has 116 valence electrons. The molecule has 0 atom stereocenters. The van der Waals surface area contributed by atoms with Crippen LogP contribution in [-0.4, -0.2) is 32.1 Å². The Labute approximate surface area is 135 Å². The summed E-state index contributed by atoms with van der Waals surface area (Å²) in [5.74, 6) is 0.228. The van der Waals surface area contributed by atoms with Gasteiger partial charge in [-0.15, -0.1) is 11.3 Å². The van der Waals surface area contributed by atoms with E-state index in [1.807, 2.05) is 25.1 Å². The van der Waals surface area contributed by atoms with E-state index in [-0.39, 0.29) is 5.78 Å². The van der Waals surface area contributed by atoms with E-state index in [0.29, 0.717) is 6.42 Å². The molecule has 0 amide bonds. The summed E-state index contributed by atoms with van der Waals surface area (Å²) in [6.45, 7) is 7.38. The largest absolute Gasteiger partial charge is 0.378 e. The van der Waals surface area contributed by atoms with Crippen molar-refractivity contribution in [3.05, 3.63) is 40.8 Å². The average molecular weight is 315 g/mol. The normalized spacial score (nSPS) is 15.1. The van der Waals surface area contributed by atoms with Gasteiger partial charge in [0, 0.05) is 25.1 Å². The molecule has 22 heavy (non-hydrogen) atoms. The third kappa shape index (κ3) is 2.81. The van der Waals surface area contributed by atoms with Crippen LogP contribution in [0.25, 0.3) is 11.1 Å². The molecule has 2 aromatic rings. The molecule has 1 aliphatic rings. The zero-order valence-corrected chi connectivity index (χ0v) is 13.9. The summed E-state index contributed by atoms with van der Waals surface area (Å²) >= 11 is 1.64. The first-order valence-corrected chi connectivity index (χ1v) is 8.58. The van der Waals surface area contributed by atoms with Crippen LogP contribution >= 0.6 is 11.3 Å². The second-order valence-electron chi connectivity index (χ2n) is 5.48. The lowest BCUT2D eigenvalue weighted by atomic mass is 10.00. The number of hydrogen-bond acceptors (Lipinski definition) is 4. The third-order valence-corrected chi connectivity index (χ3v) is 5.45. The summed E-state index contributed by atoms with van der Waals surface area (Å²) in [7, 11) is 0. The predicted octanol–water partition coefficient (Wildman–Crippen LogP) is 4.15. The Morgan fingerprint density at radius 1 is 1.23 bits per heavy atom. The van der Waals surface area contributed by atoms with Gasteiger partial charge in [-0.05, 0) is 18.1 Å². The quantitative estimate of drug-likeness (QED) is 0.794. The van der Waals surface area contributed by atoms with Crippen molar-refractivity contribution in [2.45, 2.75) is 20.3 Å². The molecule has 1 aromatic heterocycles. The molecule has 0 radical (unpaired) electrons. The summed E-state index contributed by atoms with van der Waals surface area (Å²) in [5, 5.41) is 1.22. The minimum Gasteiger partial charge on any atom is -0.378 e. The molecule has 0 unspecified atom stereocenters. The molecule has 0 N–H and O–H groups in total. The van der Waals surface area contributed by atoms with Gasteiger partial charge >= 0.3 is 0 Å². The van der Waals surface area contributed by atoms with Gasteiger partial charge in [-0.1, -0.05) is 37.3 Å². The zero-order valence-electron chi connectivity index (χ0n) is 13.1. The number of thiophene rings is 1. The highest BCUT2D eigenvalue weighted by atomic mass is 32.1. The Morgan fingerprint density at radius 2 is 1.91 bits per heavy atom. The fourth-order valence-electron chi connectivity index (χ4n) is 2.88. The molecule has 0 spiro atoms. The van der Waals surface area contributed by atoms with Crippen LogP contribution in [0.4, 0.5) is 5.00 Å². The predicted molar refractivity (Wildman–Crippen MR) is 92.1 cm³/mol. The Hall–Kier alpha value is -1.65. The van der Waals surface area contributed by atoms with E-state index < -0.39 is 0 Å². The van der Waals surface area contributed by atoms with Crippen LogP contribution in [-0.2, 0) is 4.74 Å². The van der Waals surface area contributed by atoms with Crippen molar-refractivity contribution in [2.75, 3.05) is 31.2 Å². The lowest BCUT2D eigenvalue weighted by Crippen LogP contribution is -2.36. The molecule has 4 heteroatoms. The fourth-order valence-corrected chi connectivity index (χ4v) is 4.27. The summed E-state index contributed by atoms with van der Waals surface area (Å²) in [6, 6.07) is 10.2. The van der Waals surface area contributed by atoms with Crippen molar-refractivity contribution in [2.24, 2.45) is 0 Å². The lowest BCUT2D eigenvalue weighted by Gasteiger charge is -2.28. The molecular weight excluding hydrogens is 294 g/mol. The number of benzene rings is 1. The molecule has 1 fully saturated rings. The third-order valence-electron chi connectivity index (χ3n) is 4.06. The minimum absolute atomic E-state index is 0.228. The summed E-state index contributed by atoms with van der Waals surface area (Å²) < 4.78 is 5.45. The van der Waals surface area contributed by atoms with E-state index in [9.17, 15) is 4.79 Å². The van der Waals surface area contributed by atoms with Crippen LogP contribution in [0.3, 0.4) is 0 Å². The maximum absolute atomic E-state index is 12.4. The molecular formula is C18H21NO2S. The van der Waals surface area contributed by atoms with E-state index in [1.165, 1.54) is 10.6 Å². The number of rotatable bonds is 4. The van der Waals surface area contributed by atoms with Gasteiger partial charge in [-0.2, -0.15) is 0 Å². The highest BCUT2D eigenvalue weighted by molar-refractivity contribution is 7.18. The van der Waals surface area contributed by atoms with Gasteiger partial charge in [0.1, 0.15) is 0 Å². The number of nitrogens with zero attached hydrogens (tertiary/aromatic N) is 1. The second kappa shape index (κ2) is 6.63. The fraction of sp³-hybridized carbons (Fsp3) is 0.389. The number of morpholine rings is 1. The molecule has 2 heterocycles. The van der Waals surface area contributed by atoms with E-state index >= 15 is 0 Å². The Bertz CT molecular complexity index is 657. The van der Waals surface area contributed by atoms with E-state index in [2.05, 4.69) is 24.0 Å². The van der Waals surface area contributed by atoms with E-state index in [0.717, 1.165) is 42.3 Å². The Balaban J connectivity index is 2.10. The molecule has 3 nitrogen and oxygen atoms in total. The van der Waals surface area contributed by atoms with E-state index in [4.69, 9.17) is 4.74 Å². The molecule has 3 rings (SSSR count). The van der Waals surface area contributed by atoms with Gasteiger partial charge in [-0.3, -0.25) is 4.79 Å². The maximum atomic E-state index is 12.4. The van der Waals surface area contributed by atoms with Crippen molar-refractivity contribution in [3.63, 3.8) is 0 Å². The molecule has 1 aliphatic heterocycles. The summed E-state index contributed by atoms with van der Waals surface area (Å²) in [6.07, 6.45) is 0.544. The number of ketones is 1. The van der Waals surface area contributed by atoms with Crippen LogP contribution < -0.4 is 4.90 Å². The van der Waals surface area contributed by atoms with Crippen molar-refractivity contribution >= 4 is 22.1 Å². The van der Waals surface area contributed by atoms with Crippen molar-refractivity contribution in [1.82, 2.24) is 0 Å². The Kier molecular flexibility index (Phi) is 4.60. The number of ether oxygens (including phenoxy) is 1. The summed E-state index contributed by atoms with van der Waals surface area (Å²) in [5.41, 5.74) is 3.46. The van der Waals surface area contributed by atoms with Crippen molar-refractivity contribution < 1.29 is 9.53 Å². The van der Waals surface area contributed by atoms with Crippen LogP contribution in [0.5, 0.6) is 0 Å². The first-order valence-electron chi connectivity index (χ1n) is 7.77. The van der Waals surface area contributed by atoms with Gasteiger partial charge in [0.2, 0.25) is 0 Å². The molecule has 0 bridgehead atoms. The molecule has 0 saturated carbocycles. The highest BCUT2D eigenvalue weighted by Crippen LogP contribution is 2.42. The standard InChI is InChI=1S/C18H21NO2S/c1-3-15(20)17-16(14-7-5-4-6-8-14)13(2)18(22-17)19-9-11-21-12-10-19/h4-8H,3,9-12H2,1-2H3. The zero-order chi connectivity index (χ0) is 15.5. The van der Waals surface area contributed by atoms with Gasteiger partial charge in [-0.25, -0.2) is 0 Å². The average Bonchev–Trinajstić information content (AvgIpc) is 2.93. The number of carbonyl (C=O) groups is 1. The van der Waals surface area contributed by atoms with Crippen LogP contribution in [0.15, 0.2) is 30.3 Å². The lowest BCUT2D eigenvalue weighted by molar-refractivity contribution is 0.0992. The molecule has 1 saturated heterocycles. The van der Waals surface area contributed by atoms with Crippen LogP contribution in [0, 0.1) is 6.92 Å². The van der Waals surface area contributed by atoms with E-state index in [1.54, 1.807) is 11.3 Å². The van der Waals surface area contributed by atoms with Gasteiger partial charge in [0.25, 0.3) is 0 Å². The van der Waals surface area contributed by atoms with Crippen LogP contribution in [0.2, 0.25) is 0 Å². The summed E-state index contributed by atoms with van der Waals surface area (Å²) in [4.78, 5) is 15.7. The first-order chi connectivity index (χ1) is 10.7. The molecule has 0 aliphatic carbocycles. The minimum atomic E-state index is 0.228. The number of anilines is 1. The van der Waals surface area contributed by atoms with Gasteiger partial charge < -0.3 is 9.64 Å². The number of carbonyl (C=O) groups excluding carboxylic acids is 1. The van der Waals surface area contributed by atoms with Crippen molar-refractivity contribution in [3.8, 4) is 11.1 Å². The molecule has 1 aromatic carbocycles. The SMILES string of the molecule is CCC(=O)c1sc(N2CCOCC2)c(C)c1-c1ccccc1. The monoisotopic (exact) mass is 315 g/mol. The number of Topliss-reactive ketones (excluding diaryl/α,β-unsaturated/α-hetero) is 1. The van der Waals surface area contributed by atoms with Crippen molar-refractivity contribution in [1.29, 1.82) is 0 Å². The maximum Gasteiger partial charge on any atom is 0.173 e. The smallest absolute Gasteiger partial charge is 0.173 e. The Morgan fingerprint density at radius 3 is 2.55 bits per heavy atom. The first kappa shape index (κ1) is 15.3. The van der Waals surface area contributed by atoms with Crippen LogP contribution in [0.1, 0.15) is 28.6 Å². The second-order valence-corrected chi connectivity index (χ2v) is 6.48.